The van der Waals surface area contributed by atoms with Crippen molar-refractivity contribution in [1.82, 2.24) is 4.67 Å². The number of piperidine rings is 1. The van der Waals surface area contributed by atoms with Crippen LogP contribution in [-0.2, 0) is 0 Å². The van der Waals surface area contributed by atoms with E-state index in [0.29, 0.717) is 0 Å². The van der Waals surface area contributed by atoms with Crippen LogP contribution in [0.3, 0.4) is 0 Å². The molecule has 2 unspecified atom stereocenters. The maximum absolute atomic E-state index is 3.79. The molecule has 1 rings (SSSR count). The first-order valence-corrected chi connectivity index (χ1v) is 6.14. The molecule has 0 aromatic heterocycles. The molecule has 0 aliphatic carbocycles. The van der Waals surface area contributed by atoms with Gasteiger partial charge in [-0.2, -0.15) is 0 Å². The van der Waals surface area contributed by atoms with Crippen molar-refractivity contribution in [3.05, 3.63) is 36.1 Å². The average molecular weight is 223 g/mol. The summed E-state index contributed by atoms with van der Waals surface area (Å²) in [4.78, 5) is 0. The van der Waals surface area contributed by atoms with Gasteiger partial charge in [-0.15, -0.1) is 0 Å². The van der Waals surface area contributed by atoms with E-state index in [2.05, 4.69) is 53.6 Å². The molecule has 0 N–H and O–H groups in total. The summed E-state index contributed by atoms with van der Waals surface area (Å²) in [6.07, 6.45) is 9.75. The summed E-state index contributed by atoms with van der Waals surface area (Å²) in [6, 6.07) is 0. The highest BCUT2D eigenvalue weighted by Crippen LogP contribution is 2.41. The lowest BCUT2D eigenvalue weighted by atomic mass is 9.84. The number of hydrogen-bond donors (Lipinski definition) is 0. The molecule has 1 aliphatic heterocycles. The van der Waals surface area contributed by atoms with Gasteiger partial charge < -0.3 is 4.67 Å². The normalized spacial score (nSPS) is 32.4. The third kappa shape index (κ3) is 2.34. The summed E-state index contributed by atoms with van der Waals surface area (Å²) < 4.78 is 2.33. The Labute approximate surface area is 96.2 Å². The molecule has 15 heavy (non-hydrogen) atoms. The maximum Gasteiger partial charge on any atom is 0.0428 e. The summed E-state index contributed by atoms with van der Waals surface area (Å²) in [6.45, 7) is 10.5. The molecule has 0 saturated carbocycles. The van der Waals surface area contributed by atoms with E-state index in [0.717, 1.165) is 0 Å². The van der Waals surface area contributed by atoms with Gasteiger partial charge in [0.1, 0.15) is 0 Å². The molecule has 84 valence electrons. The van der Waals surface area contributed by atoms with Crippen molar-refractivity contribution in [2.24, 2.45) is 0 Å². The van der Waals surface area contributed by atoms with Crippen molar-refractivity contribution in [2.45, 2.75) is 45.6 Å². The van der Waals surface area contributed by atoms with Crippen LogP contribution in [0.4, 0.5) is 0 Å². The van der Waals surface area contributed by atoms with Crippen molar-refractivity contribution in [2.75, 3.05) is 0 Å². The Hall–Kier alpha value is -0.550. The smallest absolute Gasteiger partial charge is 0.0428 e. The summed E-state index contributed by atoms with van der Waals surface area (Å²) >= 11 is 0. The topological polar surface area (TPSA) is 3.24 Å². The molecule has 2 atom stereocenters. The lowest BCUT2D eigenvalue weighted by molar-refractivity contribution is 0.220. The molecule has 1 nitrogen and oxygen atoms in total. The largest absolute Gasteiger partial charge is 0.350 e. The van der Waals surface area contributed by atoms with Gasteiger partial charge in [0.25, 0.3) is 0 Å². The zero-order valence-electron chi connectivity index (χ0n) is 10.1. The Morgan fingerprint density at radius 1 is 1.60 bits per heavy atom. The van der Waals surface area contributed by atoms with Crippen LogP contribution in [-0.4, -0.2) is 10.2 Å². The second kappa shape index (κ2) is 4.99. The molecule has 2 heteroatoms. The van der Waals surface area contributed by atoms with E-state index >= 15 is 0 Å². The van der Waals surface area contributed by atoms with Gasteiger partial charge in [-0.25, -0.2) is 0 Å². The van der Waals surface area contributed by atoms with Crippen LogP contribution in [0.25, 0.3) is 0 Å². The van der Waals surface area contributed by atoms with E-state index in [1.165, 1.54) is 30.5 Å². The number of nitrogens with zero attached hydrogens (tertiary/aromatic N) is 1. The molecule has 1 saturated heterocycles. The van der Waals surface area contributed by atoms with Crippen LogP contribution < -0.4 is 0 Å². The second-order valence-corrected chi connectivity index (χ2v) is 4.84. The lowest BCUT2D eigenvalue weighted by Crippen LogP contribution is -2.42. The summed E-state index contributed by atoms with van der Waals surface area (Å²) in [5.41, 5.74) is 3.00. The molecule has 0 amide bonds. The fraction of sp³-hybridized carbons (Fsp3) is 0.538. The van der Waals surface area contributed by atoms with E-state index in [1.807, 2.05) is 6.08 Å². The second-order valence-electron chi connectivity index (χ2n) is 4.32. The fourth-order valence-corrected chi connectivity index (χ4v) is 2.60. The van der Waals surface area contributed by atoms with E-state index in [4.69, 9.17) is 0 Å². The molecule has 1 aliphatic rings. The molecule has 1 heterocycles. The van der Waals surface area contributed by atoms with Gasteiger partial charge in [-0.1, -0.05) is 25.7 Å². The average Bonchev–Trinajstić information content (AvgIpc) is 2.25. The molecule has 0 radical (unpaired) electrons. The lowest BCUT2D eigenvalue weighted by Gasteiger charge is -2.46. The fourth-order valence-electron chi connectivity index (χ4n) is 2.04. The van der Waals surface area contributed by atoms with Crippen molar-refractivity contribution < 1.29 is 0 Å². The monoisotopic (exact) mass is 223 g/mol. The first-order valence-electron chi connectivity index (χ1n) is 5.62. The van der Waals surface area contributed by atoms with E-state index in [9.17, 15) is 0 Å². The highest BCUT2D eigenvalue weighted by atomic mass is 31.0. The molecule has 0 spiro atoms. The van der Waals surface area contributed by atoms with Crippen LogP contribution >= 0.6 is 9.39 Å². The number of allylic oxidation sites excluding steroid dienone is 4. The minimum absolute atomic E-state index is 0.270. The first-order chi connectivity index (χ1) is 7.09. The molecule has 0 aromatic carbocycles. The standard InChI is InChI=1S/C13H22NP/c1-5-8-12-11(6-2)9-10-13(4,7-3)14(12)15/h5-6,8H,1,7,9-10,15H2,2-4H3/b11-6-,12-8?. The molecule has 0 bridgehead atoms. The summed E-state index contributed by atoms with van der Waals surface area (Å²) in [5.74, 6) is 0. The summed E-state index contributed by atoms with van der Waals surface area (Å²) in [7, 11) is 2.86. The zero-order valence-corrected chi connectivity index (χ0v) is 11.2. The van der Waals surface area contributed by atoms with E-state index in [-0.39, 0.29) is 5.54 Å². The Bertz CT molecular complexity index is 304. The summed E-state index contributed by atoms with van der Waals surface area (Å²) in [5, 5.41) is 0. The molecule has 1 fully saturated rings. The van der Waals surface area contributed by atoms with E-state index in [1.54, 1.807) is 0 Å². The third-order valence-corrected chi connectivity index (χ3v) is 4.39. The van der Waals surface area contributed by atoms with Gasteiger partial charge in [0.05, 0.1) is 0 Å². The molecule has 0 aromatic rings. The Kier molecular flexibility index (Phi) is 4.16. The van der Waals surface area contributed by atoms with Gasteiger partial charge in [0.15, 0.2) is 0 Å². The highest BCUT2D eigenvalue weighted by molar-refractivity contribution is 7.13. The van der Waals surface area contributed by atoms with Crippen molar-refractivity contribution >= 4 is 9.39 Å². The maximum atomic E-state index is 3.79. The van der Waals surface area contributed by atoms with Crippen LogP contribution in [0.15, 0.2) is 36.1 Å². The first kappa shape index (κ1) is 12.5. The molecular weight excluding hydrogens is 201 g/mol. The van der Waals surface area contributed by atoms with Gasteiger partial charge in [-0.05, 0) is 54.1 Å². The van der Waals surface area contributed by atoms with Crippen molar-refractivity contribution in [1.29, 1.82) is 0 Å². The predicted molar refractivity (Wildman–Crippen MR) is 71.5 cm³/mol. The Morgan fingerprint density at radius 2 is 2.27 bits per heavy atom. The van der Waals surface area contributed by atoms with Crippen LogP contribution in [0.1, 0.15) is 40.0 Å². The molecular formula is C13H22NP. The van der Waals surface area contributed by atoms with Gasteiger partial charge in [0, 0.05) is 11.2 Å². The van der Waals surface area contributed by atoms with Crippen molar-refractivity contribution in [3.63, 3.8) is 0 Å². The Morgan fingerprint density at radius 3 is 2.73 bits per heavy atom. The third-order valence-electron chi connectivity index (χ3n) is 3.49. The van der Waals surface area contributed by atoms with Crippen LogP contribution in [0, 0.1) is 0 Å². The SMILES string of the molecule is C=CC=C1/C(=C\C)CCC(C)(CC)N1P. The van der Waals surface area contributed by atoms with Gasteiger partial charge >= 0.3 is 0 Å². The minimum atomic E-state index is 0.270. The van der Waals surface area contributed by atoms with Gasteiger partial charge in [0.2, 0.25) is 0 Å². The Balaban J connectivity index is 3.06. The highest BCUT2D eigenvalue weighted by Gasteiger charge is 2.33. The van der Waals surface area contributed by atoms with Gasteiger partial charge in [-0.3, -0.25) is 0 Å². The predicted octanol–water partition coefficient (Wildman–Crippen LogP) is 4.06. The van der Waals surface area contributed by atoms with E-state index < -0.39 is 0 Å². The quantitative estimate of drug-likeness (QED) is 0.638. The van der Waals surface area contributed by atoms with Crippen LogP contribution in [0.2, 0.25) is 0 Å². The number of rotatable bonds is 2. The van der Waals surface area contributed by atoms with Crippen LogP contribution in [0.5, 0.6) is 0 Å². The van der Waals surface area contributed by atoms with Crippen molar-refractivity contribution in [3.8, 4) is 0 Å². The minimum Gasteiger partial charge on any atom is -0.350 e. The number of hydrogen-bond acceptors (Lipinski definition) is 1. The zero-order chi connectivity index (χ0) is 11.5.